The molecule has 3 aliphatic carbocycles. The van der Waals surface area contributed by atoms with Gasteiger partial charge in [-0.15, -0.1) is 0 Å². The summed E-state index contributed by atoms with van der Waals surface area (Å²) >= 11 is 0. The number of nitrogens with one attached hydrogen (secondary N) is 1. The van der Waals surface area contributed by atoms with Gasteiger partial charge in [0.15, 0.2) is 0 Å². The maximum Gasteiger partial charge on any atom is 0.213 e. The molecule has 4 nitrogen and oxygen atoms in total. The second-order valence-electron chi connectivity index (χ2n) is 8.69. The molecule has 2 bridgehead atoms. The normalized spacial score (nSPS) is 33.4. The van der Waals surface area contributed by atoms with Crippen LogP contribution in [0.2, 0.25) is 0 Å². The van der Waals surface area contributed by atoms with Crippen molar-refractivity contribution in [2.24, 2.45) is 16.7 Å². The van der Waals surface area contributed by atoms with Crippen LogP contribution in [0.1, 0.15) is 63.1 Å². The Kier molecular flexibility index (Phi) is 3.89. The Labute approximate surface area is 150 Å². The molecular formula is C20H27NO3S. The Morgan fingerprint density at radius 3 is 2.64 bits per heavy atom. The standard InChI is InChI=1S/C20H27NO3S/c1-19(2)15-10-11-20(19,18(22)12-15)13-25(23,24)21-17-9-5-7-14-6-3-4-8-16(14)17/h3-4,6,8,15,17,21H,5,7,9-13H2,1-2H3. The minimum Gasteiger partial charge on any atom is -0.299 e. The van der Waals surface area contributed by atoms with Crippen LogP contribution in [0, 0.1) is 16.7 Å². The smallest absolute Gasteiger partial charge is 0.213 e. The zero-order valence-electron chi connectivity index (χ0n) is 15.0. The summed E-state index contributed by atoms with van der Waals surface area (Å²) in [5.41, 5.74) is 1.41. The molecule has 1 aromatic carbocycles. The molecule has 3 unspecified atom stereocenters. The second-order valence-corrected chi connectivity index (χ2v) is 10.4. The van der Waals surface area contributed by atoms with Crippen LogP contribution in [-0.2, 0) is 21.2 Å². The third kappa shape index (κ3) is 2.58. The maximum absolute atomic E-state index is 13.0. The van der Waals surface area contributed by atoms with Crippen molar-refractivity contribution < 1.29 is 13.2 Å². The van der Waals surface area contributed by atoms with Gasteiger partial charge in [-0.25, -0.2) is 13.1 Å². The highest BCUT2D eigenvalue weighted by Gasteiger charge is 2.65. The molecule has 2 fully saturated rings. The number of hydrogen-bond donors (Lipinski definition) is 1. The van der Waals surface area contributed by atoms with Gasteiger partial charge >= 0.3 is 0 Å². The number of rotatable bonds is 4. The van der Waals surface area contributed by atoms with Gasteiger partial charge in [0.25, 0.3) is 0 Å². The Hall–Kier alpha value is -1.20. The molecule has 0 saturated heterocycles. The monoisotopic (exact) mass is 361 g/mol. The van der Waals surface area contributed by atoms with E-state index in [1.807, 2.05) is 18.2 Å². The van der Waals surface area contributed by atoms with Gasteiger partial charge in [0.1, 0.15) is 5.78 Å². The number of aryl methyl sites for hydroxylation is 1. The second kappa shape index (κ2) is 5.65. The highest BCUT2D eigenvalue weighted by Crippen LogP contribution is 2.64. The van der Waals surface area contributed by atoms with Gasteiger partial charge in [-0.1, -0.05) is 38.1 Å². The van der Waals surface area contributed by atoms with E-state index in [9.17, 15) is 13.2 Å². The number of sulfonamides is 1. The number of Topliss-reactive ketones (excluding diaryl/α,β-unsaturated/α-hetero) is 1. The van der Waals surface area contributed by atoms with Crippen LogP contribution in [0.25, 0.3) is 0 Å². The lowest BCUT2D eigenvalue weighted by Crippen LogP contribution is -2.46. The number of ketones is 1. The first kappa shape index (κ1) is 17.2. The largest absolute Gasteiger partial charge is 0.299 e. The lowest BCUT2D eigenvalue weighted by molar-refractivity contribution is -0.128. The van der Waals surface area contributed by atoms with Gasteiger partial charge in [0.05, 0.1) is 5.75 Å². The summed E-state index contributed by atoms with van der Waals surface area (Å²) in [5.74, 6) is 0.440. The van der Waals surface area contributed by atoms with E-state index in [1.54, 1.807) is 0 Å². The summed E-state index contributed by atoms with van der Waals surface area (Å²) in [7, 11) is -3.53. The third-order valence-electron chi connectivity index (χ3n) is 7.27. The van der Waals surface area contributed by atoms with Crippen LogP contribution in [0.4, 0.5) is 0 Å². The van der Waals surface area contributed by atoms with Gasteiger partial charge in [-0.2, -0.15) is 0 Å². The van der Waals surface area contributed by atoms with Crippen molar-refractivity contribution in [3.8, 4) is 0 Å². The van der Waals surface area contributed by atoms with Crippen LogP contribution in [0.5, 0.6) is 0 Å². The fourth-order valence-electron chi connectivity index (χ4n) is 5.57. The minimum absolute atomic E-state index is 0.0546. The summed E-state index contributed by atoms with van der Waals surface area (Å²) < 4.78 is 29.0. The summed E-state index contributed by atoms with van der Waals surface area (Å²) in [6.07, 6.45) is 5.05. The highest BCUT2D eigenvalue weighted by atomic mass is 32.2. The van der Waals surface area contributed by atoms with E-state index in [4.69, 9.17) is 0 Å². The zero-order chi connectivity index (χ0) is 17.9. The average Bonchev–Trinajstić information content (AvgIpc) is 2.88. The Morgan fingerprint density at radius 1 is 1.20 bits per heavy atom. The number of carbonyl (C=O) groups excluding carboxylic acids is 1. The lowest BCUT2D eigenvalue weighted by atomic mass is 9.70. The molecule has 4 rings (SSSR count). The first-order valence-corrected chi connectivity index (χ1v) is 11.0. The van der Waals surface area contributed by atoms with Crippen molar-refractivity contribution in [1.82, 2.24) is 4.72 Å². The van der Waals surface area contributed by atoms with Crippen molar-refractivity contribution in [3.63, 3.8) is 0 Å². The zero-order valence-corrected chi connectivity index (χ0v) is 15.9. The molecule has 0 heterocycles. The van der Waals surface area contributed by atoms with Gasteiger partial charge in [-0.3, -0.25) is 4.79 Å². The van der Waals surface area contributed by atoms with Crippen LogP contribution in [0.15, 0.2) is 24.3 Å². The molecule has 0 aliphatic heterocycles. The number of fused-ring (bicyclic) bond motifs is 3. The van der Waals surface area contributed by atoms with E-state index >= 15 is 0 Å². The third-order valence-corrected chi connectivity index (χ3v) is 8.78. The molecule has 3 aliphatic rings. The molecule has 2 saturated carbocycles. The highest BCUT2D eigenvalue weighted by molar-refractivity contribution is 7.89. The summed E-state index contributed by atoms with van der Waals surface area (Å²) in [4.78, 5) is 12.6. The Bertz CT molecular complexity index is 814. The fraction of sp³-hybridized carbons (Fsp3) is 0.650. The molecule has 0 amide bonds. The van der Waals surface area contributed by atoms with Crippen molar-refractivity contribution in [3.05, 3.63) is 35.4 Å². The summed E-state index contributed by atoms with van der Waals surface area (Å²) in [6, 6.07) is 7.92. The summed E-state index contributed by atoms with van der Waals surface area (Å²) in [6.45, 7) is 4.17. The molecule has 1 aromatic rings. The molecular weight excluding hydrogens is 334 g/mol. The quantitative estimate of drug-likeness (QED) is 0.894. The Morgan fingerprint density at radius 2 is 1.96 bits per heavy atom. The van der Waals surface area contributed by atoms with E-state index in [-0.39, 0.29) is 23.0 Å². The van der Waals surface area contributed by atoms with Crippen molar-refractivity contribution in [1.29, 1.82) is 0 Å². The van der Waals surface area contributed by atoms with E-state index in [0.717, 1.165) is 31.2 Å². The van der Waals surface area contributed by atoms with Gasteiger partial charge < -0.3 is 0 Å². The van der Waals surface area contributed by atoms with Crippen LogP contribution in [0.3, 0.4) is 0 Å². The van der Waals surface area contributed by atoms with E-state index < -0.39 is 15.4 Å². The predicted molar refractivity (Wildman–Crippen MR) is 97.6 cm³/mol. The lowest BCUT2D eigenvalue weighted by Gasteiger charge is -2.37. The van der Waals surface area contributed by atoms with E-state index in [2.05, 4.69) is 24.6 Å². The van der Waals surface area contributed by atoms with Crippen molar-refractivity contribution in [2.45, 2.75) is 58.4 Å². The minimum atomic E-state index is -3.53. The molecule has 5 heteroatoms. The SMILES string of the molecule is CC1(C)C2CCC1(CS(=O)(=O)NC1CCCc3ccccc31)C(=O)C2. The summed E-state index contributed by atoms with van der Waals surface area (Å²) in [5, 5.41) is 0. The molecule has 136 valence electrons. The number of benzene rings is 1. The van der Waals surface area contributed by atoms with Crippen LogP contribution >= 0.6 is 0 Å². The first-order chi connectivity index (χ1) is 11.8. The van der Waals surface area contributed by atoms with E-state index in [0.29, 0.717) is 18.8 Å². The fourth-order valence-corrected chi connectivity index (χ4v) is 7.66. The van der Waals surface area contributed by atoms with Gasteiger partial charge in [0, 0.05) is 17.9 Å². The van der Waals surface area contributed by atoms with Gasteiger partial charge in [-0.05, 0) is 54.6 Å². The molecule has 0 aromatic heterocycles. The number of carbonyl (C=O) groups is 1. The molecule has 0 radical (unpaired) electrons. The molecule has 1 N–H and O–H groups in total. The molecule has 0 spiro atoms. The Balaban J connectivity index is 1.59. The maximum atomic E-state index is 13.0. The van der Waals surface area contributed by atoms with Crippen molar-refractivity contribution in [2.75, 3.05) is 5.75 Å². The van der Waals surface area contributed by atoms with Crippen LogP contribution < -0.4 is 4.72 Å². The van der Waals surface area contributed by atoms with Gasteiger partial charge in [0.2, 0.25) is 10.0 Å². The first-order valence-electron chi connectivity index (χ1n) is 9.36. The van der Waals surface area contributed by atoms with Crippen LogP contribution in [-0.4, -0.2) is 20.0 Å². The average molecular weight is 362 g/mol. The topological polar surface area (TPSA) is 63.2 Å². The molecule has 3 atom stereocenters. The predicted octanol–water partition coefficient (Wildman–Crippen LogP) is 3.38. The van der Waals surface area contributed by atoms with E-state index in [1.165, 1.54) is 5.56 Å². The molecule has 25 heavy (non-hydrogen) atoms. The van der Waals surface area contributed by atoms with Crippen molar-refractivity contribution >= 4 is 15.8 Å². The number of hydrogen-bond acceptors (Lipinski definition) is 3.